The molecule has 1 unspecified atom stereocenters. The summed E-state index contributed by atoms with van der Waals surface area (Å²) in [6.45, 7) is 0. The number of nitriles is 1. The quantitative estimate of drug-likeness (QED) is 0.832. The number of halogens is 3. The molecule has 0 spiro atoms. The molecule has 0 aliphatic heterocycles. The van der Waals surface area contributed by atoms with Crippen LogP contribution < -0.4 is 4.74 Å². The smallest absolute Gasteiger partial charge is 0.416 e. The highest BCUT2D eigenvalue weighted by atomic mass is 19.4. The average Bonchev–Trinajstić information content (AvgIpc) is 3.36. The predicted octanol–water partition coefficient (Wildman–Crippen LogP) is 4.31. The molecule has 1 saturated carbocycles. The standard InChI is InChI=1S/C18H14F3N3O/c19-18(20,21)13-5-3-10-4-6-15(14(10)7-13)25-17-12(8-22)9-23-16(24-17)11-1-2-11/h3,5,7,9,11,15H,1-2,4,6H2. The van der Waals surface area contributed by atoms with Gasteiger partial charge in [0.1, 0.15) is 23.6 Å². The molecular formula is C18H14F3N3O. The SMILES string of the molecule is N#Cc1cnc(C2CC2)nc1OC1CCc2ccc(C(F)(F)F)cc21. The van der Waals surface area contributed by atoms with Crippen molar-refractivity contribution in [1.29, 1.82) is 5.26 Å². The van der Waals surface area contributed by atoms with Crippen molar-refractivity contribution < 1.29 is 17.9 Å². The lowest BCUT2D eigenvalue weighted by Gasteiger charge is -2.16. The fourth-order valence-corrected chi connectivity index (χ4v) is 3.08. The first-order valence-electron chi connectivity index (χ1n) is 8.09. The molecule has 128 valence electrons. The van der Waals surface area contributed by atoms with Gasteiger partial charge >= 0.3 is 6.18 Å². The Bertz CT molecular complexity index is 869. The minimum Gasteiger partial charge on any atom is -0.468 e. The van der Waals surface area contributed by atoms with Crippen molar-refractivity contribution in [2.24, 2.45) is 0 Å². The van der Waals surface area contributed by atoms with Crippen LogP contribution in [0, 0.1) is 11.3 Å². The van der Waals surface area contributed by atoms with Gasteiger partial charge < -0.3 is 4.74 Å². The first-order valence-corrected chi connectivity index (χ1v) is 8.09. The summed E-state index contributed by atoms with van der Waals surface area (Å²) in [5.41, 5.74) is 0.867. The molecule has 1 aromatic carbocycles. The van der Waals surface area contributed by atoms with Gasteiger partial charge in [-0.2, -0.15) is 23.4 Å². The summed E-state index contributed by atoms with van der Waals surface area (Å²) in [5, 5.41) is 9.22. The van der Waals surface area contributed by atoms with Gasteiger partial charge in [0.05, 0.1) is 11.8 Å². The maximum absolute atomic E-state index is 13.0. The Morgan fingerprint density at radius 3 is 2.68 bits per heavy atom. The van der Waals surface area contributed by atoms with E-state index in [2.05, 4.69) is 9.97 Å². The Morgan fingerprint density at radius 2 is 2.00 bits per heavy atom. The summed E-state index contributed by atoms with van der Waals surface area (Å²) in [6.07, 6.45) is -0.290. The zero-order valence-electron chi connectivity index (χ0n) is 13.2. The Balaban J connectivity index is 1.66. The van der Waals surface area contributed by atoms with Gasteiger partial charge in [-0.05, 0) is 48.9 Å². The highest BCUT2D eigenvalue weighted by molar-refractivity contribution is 5.41. The maximum Gasteiger partial charge on any atom is 0.416 e. The molecule has 0 N–H and O–H groups in total. The molecule has 1 atom stereocenters. The van der Waals surface area contributed by atoms with E-state index < -0.39 is 17.8 Å². The van der Waals surface area contributed by atoms with Gasteiger partial charge in [0.25, 0.3) is 0 Å². The van der Waals surface area contributed by atoms with Gasteiger partial charge in [-0.25, -0.2) is 4.98 Å². The third kappa shape index (κ3) is 3.04. The zero-order chi connectivity index (χ0) is 17.6. The number of ether oxygens (including phenoxy) is 1. The fraction of sp³-hybridized carbons (Fsp3) is 0.389. The second-order valence-corrected chi connectivity index (χ2v) is 6.39. The van der Waals surface area contributed by atoms with Crippen molar-refractivity contribution in [3.05, 3.63) is 52.5 Å². The molecule has 1 fully saturated rings. The van der Waals surface area contributed by atoms with Gasteiger partial charge in [-0.15, -0.1) is 0 Å². The van der Waals surface area contributed by atoms with Crippen molar-refractivity contribution in [2.75, 3.05) is 0 Å². The molecule has 4 rings (SSSR count). The minimum atomic E-state index is -4.39. The van der Waals surface area contributed by atoms with Crippen LogP contribution in [-0.2, 0) is 12.6 Å². The third-order valence-electron chi connectivity index (χ3n) is 4.59. The number of aromatic nitrogens is 2. The van der Waals surface area contributed by atoms with E-state index in [1.165, 1.54) is 12.3 Å². The van der Waals surface area contributed by atoms with Crippen LogP contribution in [0.5, 0.6) is 5.88 Å². The molecule has 2 aliphatic rings. The average molecular weight is 345 g/mol. The number of hydrogen-bond donors (Lipinski definition) is 0. The lowest BCUT2D eigenvalue weighted by Crippen LogP contribution is -2.10. The summed E-state index contributed by atoms with van der Waals surface area (Å²) in [4.78, 5) is 8.51. The lowest BCUT2D eigenvalue weighted by atomic mass is 10.1. The number of aryl methyl sites for hydroxylation is 1. The summed E-state index contributed by atoms with van der Waals surface area (Å²) in [5.74, 6) is 1.09. The molecule has 0 radical (unpaired) electrons. The largest absolute Gasteiger partial charge is 0.468 e. The van der Waals surface area contributed by atoms with Crippen molar-refractivity contribution in [3.8, 4) is 11.9 Å². The number of fused-ring (bicyclic) bond motifs is 1. The number of hydrogen-bond acceptors (Lipinski definition) is 4. The Labute approximate surface area is 142 Å². The van der Waals surface area contributed by atoms with Crippen LogP contribution >= 0.6 is 0 Å². The van der Waals surface area contributed by atoms with Crippen LogP contribution in [-0.4, -0.2) is 9.97 Å². The highest BCUT2D eigenvalue weighted by Gasteiger charge is 2.34. The van der Waals surface area contributed by atoms with E-state index in [1.807, 2.05) is 6.07 Å². The van der Waals surface area contributed by atoms with Crippen molar-refractivity contribution in [3.63, 3.8) is 0 Å². The minimum absolute atomic E-state index is 0.162. The van der Waals surface area contributed by atoms with E-state index in [9.17, 15) is 18.4 Å². The normalized spacial score (nSPS) is 19.4. The Morgan fingerprint density at radius 1 is 1.20 bits per heavy atom. The van der Waals surface area contributed by atoms with Crippen LogP contribution in [0.2, 0.25) is 0 Å². The van der Waals surface area contributed by atoms with Crippen LogP contribution in [0.15, 0.2) is 24.4 Å². The molecule has 2 aromatic rings. The number of nitrogens with zero attached hydrogens (tertiary/aromatic N) is 3. The number of rotatable bonds is 3. The molecule has 2 aliphatic carbocycles. The fourth-order valence-electron chi connectivity index (χ4n) is 3.08. The molecule has 0 bridgehead atoms. The summed E-state index contributed by atoms with van der Waals surface area (Å²) in [6, 6.07) is 5.72. The van der Waals surface area contributed by atoms with Crippen LogP contribution in [0.3, 0.4) is 0 Å². The maximum atomic E-state index is 13.0. The van der Waals surface area contributed by atoms with Crippen LogP contribution in [0.1, 0.15) is 59.4 Å². The zero-order valence-corrected chi connectivity index (χ0v) is 13.2. The van der Waals surface area contributed by atoms with Crippen molar-refractivity contribution in [1.82, 2.24) is 9.97 Å². The monoisotopic (exact) mass is 345 g/mol. The Kier molecular flexibility index (Phi) is 3.64. The number of alkyl halides is 3. The van der Waals surface area contributed by atoms with E-state index in [0.29, 0.717) is 30.1 Å². The van der Waals surface area contributed by atoms with E-state index in [4.69, 9.17) is 4.74 Å². The summed E-state index contributed by atoms with van der Waals surface area (Å²) < 4.78 is 44.8. The predicted molar refractivity (Wildman–Crippen MR) is 81.9 cm³/mol. The third-order valence-corrected chi connectivity index (χ3v) is 4.59. The lowest BCUT2D eigenvalue weighted by molar-refractivity contribution is -0.137. The van der Waals surface area contributed by atoms with Gasteiger partial charge in [-0.1, -0.05) is 6.07 Å². The second kappa shape index (κ2) is 5.73. The van der Waals surface area contributed by atoms with Gasteiger partial charge in [-0.3, -0.25) is 0 Å². The van der Waals surface area contributed by atoms with Crippen molar-refractivity contribution >= 4 is 0 Å². The van der Waals surface area contributed by atoms with E-state index >= 15 is 0 Å². The first kappa shape index (κ1) is 15.9. The van der Waals surface area contributed by atoms with E-state index in [1.54, 1.807) is 0 Å². The summed E-state index contributed by atoms with van der Waals surface area (Å²) in [7, 11) is 0. The van der Waals surface area contributed by atoms with Crippen LogP contribution in [0.4, 0.5) is 13.2 Å². The van der Waals surface area contributed by atoms with Crippen molar-refractivity contribution in [2.45, 2.75) is 43.9 Å². The molecule has 0 saturated heterocycles. The Hall–Kier alpha value is -2.62. The number of benzene rings is 1. The van der Waals surface area contributed by atoms with Gasteiger partial charge in [0.2, 0.25) is 5.88 Å². The molecule has 0 amide bonds. The second-order valence-electron chi connectivity index (χ2n) is 6.39. The molecule has 7 heteroatoms. The molecule has 4 nitrogen and oxygen atoms in total. The van der Waals surface area contributed by atoms with Gasteiger partial charge in [0.15, 0.2) is 0 Å². The van der Waals surface area contributed by atoms with E-state index in [0.717, 1.165) is 30.5 Å². The molecule has 1 heterocycles. The summed E-state index contributed by atoms with van der Waals surface area (Å²) >= 11 is 0. The molecule has 1 aromatic heterocycles. The topological polar surface area (TPSA) is 58.8 Å². The highest BCUT2D eigenvalue weighted by Crippen LogP contribution is 2.41. The van der Waals surface area contributed by atoms with E-state index in [-0.39, 0.29) is 11.4 Å². The van der Waals surface area contributed by atoms with Crippen LogP contribution in [0.25, 0.3) is 0 Å². The molecule has 25 heavy (non-hydrogen) atoms. The van der Waals surface area contributed by atoms with Gasteiger partial charge in [0, 0.05) is 5.92 Å². The molecular weight excluding hydrogens is 331 g/mol. The first-order chi connectivity index (χ1) is 12.0.